The van der Waals surface area contributed by atoms with Crippen molar-refractivity contribution < 1.29 is 14.4 Å². The van der Waals surface area contributed by atoms with Crippen molar-refractivity contribution in [3.63, 3.8) is 0 Å². The van der Waals surface area contributed by atoms with Crippen molar-refractivity contribution in [3.8, 4) is 0 Å². The number of nitrogens with zero attached hydrogens (tertiary/aromatic N) is 1. The number of carbonyl (C=O) groups excluding carboxylic acids is 3. The van der Waals surface area contributed by atoms with E-state index < -0.39 is 17.7 Å². The van der Waals surface area contributed by atoms with Crippen LogP contribution in [-0.4, -0.2) is 35.7 Å². The number of rotatable bonds is 5. The van der Waals surface area contributed by atoms with Gasteiger partial charge in [-0.25, -0.2) is 0 Å². The fourth-order valence-corrected chi connectivity index (χ4v) is 2.33. The van der Waals surface area contributed by atoms with Gasteiger partial charge in [0.05, 0.1) is 5.56 Å². The molecule has 1 aromatic carbocycles. The van der Waals surface area contributed by atoms with Crippen LogP contribution >= 0.6 is 38.5 Å². The average Bonchev–Trinajstić information content (AvgIpc) is 2.29. The molecule has 0 saturated heterocycles. The molecule has 0 aliphatic heterocycles. The summed E-state index contributed by atoms with van der Waals surface area (Å²) in [5.74, 6) is -1.89. The summed E-state index contributed by atoms with van der Waals surface area (Å²) in [7, 11) is 0. The summed E-state index contributed by atoms with van der Waals surface area (Å²) in [5.41, 5.74) is 10.5. The monoisotopic (exact) mass is 439 g/mol. The van der Waals surface area contributed by atoms with Crippen molar-refractivity contribution in [2.45, 2.75) is 0 Å². The van der Waals surface area contributed by atoms with Gasteiger partial charge in [0, 0.05) is 8.04 Å². The first kappa shape index (κ1) is 15.9. The zero-order valence-electron chi connectivity index (χ0n) is 9.73. The molecule has 0 spiro atoms. The third kappa shape index (κ3) is 4.78. The number of halogens is 2. The molecule has 1 aromatic rings. The zero-order valence-corrected chi connectivity index (χ0v) is 13.5. The van der Waals surface area contributed by atoms with Crippen molar-refractivity contribution in [2.24, 2.45) is 11.5 Å². The van der Waals surface area contributed by atoms with E-state index in [1.165, 1.54) is 0 Å². The van der Waals surface area contributed by atoms with E-state index in [0.29, 0.717) is 9.13 Å². The lowest BCUT2D eigenvalue weighted by Gasteiger charge is -2.20. The molecule has 1 rings (SSSR count). The molecule has 0 heterocycles. The minimum atomic E-state index is -0.709. The molecular weight excluding hydrogens is 429 g/mol. The summed E-state index contributed by atoms with van der Waals surface area (Å²) in [6, 6.07) is 5.13. The van der Waals surface area contributed by atoms with Gasteiger partial charge >= 0.3 is 0 Å². The molecule has 0 aromatic heterocycles. The Kier molecular flexibility index (Phi) is 5.73. The molecule has 0 aliphatic rings. The number of carbonyl (C=O) groups is 3. The van der Waals surface area contributed by atoms with Crippen LogP contribution in [0.25, 0.3) is 0 Å². The Bertz CT molecular complexity index is 520. The lowest BCUT2D eigenvalue weighted by atomic mass is 10.2. The molecule has 4 N–H and O–H groups in total. The Morgan fingerprint density at radius 1 is 1.16 bits per heavy atom. The maximum absolute atomic E-state index is 12.3. The topological polar surface area (TPSA) is 106 Å². The third-order valence-electron chi connectivity index (χ3n) is 2.14. The van der Waals surface area contributed by atoms with Crippen LogP contribution in [0.4, 0.5) is 0 Å². The van der Waals surface area contributed by atoms with Crippen LogP contribution < -0.4 is 11.5 Å². The quantitative estimate of drug-likeness (QED) is 0.651. The average molecular weight is 440 g/mol. The van der Waals surface area contributed by atoms with E-state index in [9.17, 15) is 14.4 Å². The van der Waals surface area contributed by atoms with Crippen molar-refractivity contribution in [1.82, 2.24) is 4.90 Å². The fraction of sp³-hybridized carbons (Fsp3) is 0.182. The van der Waals surface area contributed by atoms with Crippen LogP contribution in [0.5, 0.6) is 0 Å². The molecule has 0 unspecified atom stereocenters. The molecule has 0 aliphatic carbocycles. The van der Waals surface area contributed by atoms with Gasteiger partial charge in [0.25, 0.3) is 5.91 Å². The molecule has 0 saturated carbocycles. The smallest absolute Gasteiger partial charge is 0.255 e. The fourth-order valence-electron chi connectivity index (χ4n) is 1.41. The highest BCUT2D eigenvalue weighted by Crippen LogP contribution is 2.20. The number of primary amides is 2. The summed E-state index contributed by atoms with van der Waals surface area (Å²) >= 11 is 5.25. The number of nitrogens with two attached hydrogens (primary N) is 2. The van der Waals surface area contributed by atoms with Gasteiger partial charge < -0.3 is 16.4 Å². The van der Waals surface area contributed by atoms with Gasteiger partial charge in [-0.3, -0.25) is 14.4 Å². The maximum Gasteiger partial charge on any atom is 0.255 e. The molecule has 0 atom stereocenters. The van der Waals surface area contributed by atoms with Crippen LogP contribution in [0.2, 0.25) is 0 Å². The lowest BCUT2D eigenvalue weighted by molar-refractivity contribution is -0.121. The largest absolute Gasteiger partial charge is 0.368 e. The van der Waals surface area contributed by atoms with Gasteiger partial charge in [0.15, 0.2) is 0 Å². The first-order valence-electron chi connectivity index (χ1n) is 5.12. The van der Waals surface area contributed by atoms with E-state index in [-0.39, 0.29) is 13.1 Å². The summed E-state index contributed by atoms with van der Waals surface area (Å²) in [6.07, 6.45) is 0. The highest BCUT2D eigenvalue weighted by atomic mass is 127. The molecule has 3 amide bonds. The van der Waals surface area contributed by atoms with E-state index in [1.807, 2.05) is 22.6 Å². The SMILES string of the molecule is NC(=O)CN(CC(N)=O)C(=O)c1cc(Br)ccc1I. The normalized spacial score (nSPS) is 10.0. The second-order valence-corrected chi connectivity index (χ2v) is 5.80. The van der Waals surface area contributed by atoms with E-state index in [4.69, 9.17) is 11.5 Å². The Balaban J connectivity index is 3.07. The number of benzene rings is 1. The molecule has 0 bridgehead atoms. The van der Waals surface area contributed by atoms with Gasteiger partial charge in [0.1, 0.15) is 13.1 Å². The summed E-state index contributed by atoms with van der Waals surface area (Å²) < 4.78 is 1.42. The summed E-state index contributed by atoms with van der Waals surface area (Å²) in [5, 5.41) is 0. The van der Waals surface area contributed by atoms with Crippen molar-refractivity contribution in [2.75, 3.05) is 13.1 Å². The predicted octanol–water partition coefficient (Wildman–Crippen LogP) is 0.466. The molecule has 19 heavy (non-hydrogen) atoms. The minimum absolute atomic E-state index is 0.357. The lowest BCUT2D eigenvalue weighted by Crippen LogP contribution is -2.43. The van der Waals surface area contributed by atoms with Crippen LogP contribution in [-0.2, 0) is 9.59 Å². The van der Waals surface area contributed by atoms with E-state index in [1.54, 1.807) is 18.2 Å². The maximum atomic E-state index is 12.3. The summed E-state index contributed by atoms with van der Waals surface area (Å²) in [4.78, 5) is 35.2. The minimum Gasteiger partial charge on any atom is -0.368 e. The standard InChI is InChI=1S/C11H11BrIN3O3/c12-6-1-2-8(13)7(3-6)11(19)16(4-9(14)17)5-10(15)18/h1-3H,4-5H2,(H2,14,17)(H2,15,18). The van der Waals surface area contributed by atoms with Crippen molar-refractivity contribution >= 4 is 56.2 Å². The van der Waals surface area contributed by atoms with Crippen molar-refractivity contribution in [1.29, 1.82) is 0 Å². The van der Waals surface area contributed by atoms with Crippen LogP contribution in [0.15, 0.2) is 22.7 Å². The molecule has 6 nitrogen and oxygen atoms in total. The molecule has 0 radical (unpaired) electrons. The van der Waals surface area contributed by atoms with Gasteiger partial charge in [-0.05, 0) is 40.8 Å². The Labute approximate surface area is 131 Å². The first-order valence-corrected chi connectivity index (χ1v) is 6.99. The van der Waals surface area contributed by atoms with E-state index in [2.05, 4.69) is 15.9 Å². The van der Waals surface area contributed by atoms with Crippen LogP contribution in [0, 0.1) is 3.57 Å². The van der Waals surface area contributed by atoms with Gasteiger partial charge in [-0.1, -0.05) is 15.9 Å². The van der Waals surface area contributed by atoms with Gasteiger partial charge in [-0.2, -0.15) is 0 Å². The van der Waals surface area contributed by atoms with Crippen molar-refractivity contribution in [3.05, 3.63) is 31.8 Å². The van der Waals surface area contributed by atoms with Crippen LogP contribution in [0.3, 0.4) is 0 Å². The van der Waals surface area contributed by atoms with E-state index in [0.717, 1.165) is 9.37 Å². The Hall–Kier alpha value is -1.16. The van der Waals surface area contributed by atoms with Crippen LogP contribution in [0.1, 0.15) is 10.4 Å². The zero-order chi connectivity index (χ0) is 14.6. The van der Waals surface area contributed by atoms with Gasteiger partial charge in [0.2, 0.25) is 11.8 Å². The Morgan fingerprint density at radius 3 is 2.16 bits per heavy atom. The highest BCUT2D eigenvalue weighted by molar-refractivity contribution is 14.1. The molecule has 8 heteroatoms. The van der Waals surface area contributed by atoms with E-state index >= 15 is 0 Å². The summed E-state index contributed by atoms with van der Waals surface area (Å²) in [6.45, 7) is -0.714. The predicted molar refractivity (Wildman–Crippen MR) is 81.2 cm³/mol. The number of hydrogen-bond donors (Lipinski definition) is 2. The third-order valence-corrected chi connectivity index (χ3v) is 3.57. The highest BCUT2D eigenvalue weighted by Gasteiger charge is 2.21. The number of amides is 3. The first-order chi connectivity index (χ1) is 8.81. The second kappa shape index (κ2) is 6.85. The molecule has 102 valence electrons. The number of hydrogen-bond acceptors (Lipinski definition) is 3. The Morgan fingerprint density at radius 2 is 1.68 bits per heavy atom. The molecule has 0 fully saturated rings. The van der Waals surface area contributed by atoms with Gasteiger partial charge in [-0.15, -0.1) is 0 Å². The molecular formula is C11H11BrIN3O3. The second-order valence-electron chi connectivity index (χ2n) is 3.72.